The van der Waals surface area contributed by atoms with Gasteiger partial charge in [0.2, 0.25) is 12.7 Å². The molecule has 1 saturated carbocycles. The van der Waals surface area contributed by atoms with E-state index in [1.807, 2.05) is 47.4 Å². The Morgan fingerprint density at radius 1 is 0.971 bits per heavy atom. The molecule has 180 valence electrons. The predicted molar refractivity (Wildman–Crippen MR) is 130 cm³/mol. The maximum atomic E-state index is 13.5. The summed E-state index contributed by atoms with van der Waals surface area (Å²) in [5.41, 5.74) is 2.69. The molecule has 1 aliphatic carbocycles. The Morgan fingerprint density at radius 3 is 2.38 bits per heavy atom. The molecule has 1 saturated heterocycles. The van der Waals surface area contributed by atoms with Gasteiger partial charge in [-0.25, -0.2) is 0 Å². The molecule has 2 amide bonds. The van der Waals surface area contributed by atoms with Gasteiger partial charge in [0.05, 0.1) is 6.04 Å². The lowest BCUT2D eigenvalue weighted by molar-refractivity contribution is -0.123. The van der Waals surface area contributed by atoms with E-state index in [2.05, 4.69) is 17.1 Å². The lowest BCUT2D eigenvalue weighted by atomic mass is 9.94. The first-order chi connectivity index (χ1) is 16.6. The number of nitrogens with one attached hydrogen (secondary N) is 1. The van der Waals surface area contributed by atoms with E-state index in [-0.39, 0.29) is 24.6 Å². The second kappa shape index (κ2) is 10.1. The Balaban J connectivity index is 1.24. The number of aryl methyl sites for hydroxylation is 1. The van der Waals surface area contributed by atoms with Crippen molar-refractivity contribution in [1.82, 2.24) is 9.80 Å². The molecular formula is C27H33N3O4. The predicted octanol–water partition coefficient (Wildman–Crippen LogP) is 3.93. The number of fused-ring (bicyclic) bond motifs is 1. The summed E-state index contributed by atoms with van der Waals surface area (Å²) in [6.07, 6.45) is 5.45. The van der Waals surface area contributed by atoms with Crippen LogP contribution in [0.5, 0.6) is 11.5 Å². The van der Waals surface area contributed by atoms with Crippen molar-refractivity contribution < 1.29 is 19.1 Å². The Hall–Kier alpha value is -3.06. The monoisotopic (exact) mass is 463 g/mol. The van der Waals surface area contributed by atoms with Crippen LogP contribution in [0.25, 0.3) is 0 Å². The van der Waals surface area contributed by atoms with Gasteiger partial charge < -0.3 is 19.7 Å². The van der Waals surface area contributed by atoms with Gasteiger partial charge in [-0.1, -0.05) is 31.9 Å². The summed E-state index contributed by atoms with van der Waals surface area (Å²) in [5.74, 6) is 1.81. The summed E-state index contributed by atoms with van der Waals surface area (Å²) in [4.78, 5) is 30.7. The zero-order valence-electron chi connectivity index (χ0n) is 19.8. The van der Waals surface area contributed by atoms with Crippen molar-refractivity contribution in [2.45, 2.75) is 45.1 Å². The highest BCUT2D eigenvalue weighted by atomic mass is 16.7. The van der Waals surface area contributed by atoms with Crippen LogP contribution in [-0.2, 0) is 11.2 Å². The van der Waals surface area contributed by atoms with Crippen LogP contribution in [0.15, 0.2) is 42.5 Å². The molecule has 0 bridgehead atoms. The summed E-state index contributed by atoms with van der Waals surface area (Å²) in [7, 11) is 0. The van der Waals surface area contributed by atoms with E-state index < -0.39 is 0 Å². The fourth-order valence-corrected chi connectivity index (χ4v) is 5.41. The van der Waals surface area contributed by atoms with Gasteiger partial charge in [0, 0.05) is 43.5 Å². The molecule has 2 aromatic rings. The number of hydrogen-bond donors (Lipinski definition) is 1. The molecular weight excluding hydrogens is 430 g/mol. The minimum Gasteiger partial charge on any atom is -0.454 e. The van der Waals surface area contributed by atoms with Crippen molar-refractivity contribution in [3.63, 3.8) is 0 Å². The average molecular weight is 464 g/mol. The number of ether oxygens (including phenoxy) is 2. The number of anilines is 1. The summed E-state index contributed by atoms with van der Waals surface area (Å²) in [5, 5.41) is 3.12. The lowest BCUT2D eigenvalue weighted by Crippen LogP contribution is -2.56. The molecule has 3 aliphatic rings. The lowest BCUT2D eigenvalue weighted by Gasteiger charge is -2.40. The first-order valence-corrected chi connectivity index (χ1v) is 12.4. The van der Waals surface area contributed by atoms with Crippen molar-refractivity contribution in [3.05, 3.63) is 53.6 Å². The van der Waals surface area contributed by atoms with Gasteiger partial charge >= 0.3 is 0 Å². The molecule has 7 heteroatoms. The molecule has 5 rings (SSSR count). The standard InChI is InChI=1S/C27H33N3O4/c1-2-19-7-9-21(10-8-19)27(32)30-15-13-29(14-16-30)25(20-5-3-4-6-20)26(31)28-22-11-12-23-24(17-22)34-18-33-23/h7-12,17,20,25H,2-6,13-16,18H2,1H3,(H,28,31)/t25-/m0/s1. The van der Waals surface area contributed by atoms with Gasteiger partial charge in [-0.3, -0.25) is 14.5 Å². The molecule has 2 aromatic carbocycles. The molecule has 0 aromatic heterocycles. The third kappa shape index (κ3) is 4.75. The number of benzene rings is 2. The Labute approximate surface area is 201 Å². The molecule has 2 heterocycles. The number of carbonyl (C=O) groups is 2. The number of piperazine rings is 1. The van der Waals surface area contributed by atoms with Crippen molar-refractivity contribution in [2.24, 2.45) is 5.92 Å². The zero-order valence-corrected chi connectivity index (χ0v) is 19.8. The molecule has 2 fully saturated rings. The van der Waals surface area contributed by atoms with Crippen molar-refractivity contribution in [2.75, 3.05) is 38.3 Å². The van der Waals surface area contributed by atoms with E-state index in [9.17, 15) is 9.59 Å². The quantitative estimate of drug-likeness (QED) is 0.703. The Morgan fingerprint density at radius 2 is 1.68 bits per heavy atom. The van der Waals surface area contributed by atoms with Gasteiger partial charge in [0.25, 0.3) is 5.91 Å². The highest BCUT2D eigenvalue weighted by molar-refractivity contribution is 5.96. The van der Waals surface area contributed by atoms with Crippen LogP contribution in [0.3, 0.4) is 0 Å². The van der Waals surface area contributed by atoms with E-state index in [4.69, 9.17) is 9.47 Å². The van der Waals surface area contributed by atoms with Gasteiger partial charge in [-0.15, -0.1) is 0 Å². The maximum absolute atomic E-state index is 13.5. The Bertz CT molecular complexity index is 1020. The second-order valence-corrected chi connectivity index (χ2v) is 9.43. The third-order valence-corrected chi connectivity index (χ3v) is 7.36. The van der Waals surface area contributed by atoms with Crippen LogP contribution in [0.2, 0.25) is 0 Å². The number of amides is 2. The normalized spacial score (nSPS) is 19.3. The molecule has 0 radical (unpaired) electrons. The van der Waals surface area contributed by atoms with E-state index >= 15 is 0 Å². The molecule has 0 spiro atoms. The fourth-order valence-electron chi connectivity index (χ4n) is 5.41. The molecule has 0 unspecified atom stereocenters. The van der Waals surface area contributed by atoms with Crippen LogP contribution in [0.4, 0.5) is 5.69 Å². The molecule has 2 aliphatic heterocycles. The summed E-state index contributed by atoms with van der Waals surface area (Å²) >= 11 is 0. The number of carbonyl (C=O) groups excluding carboxylic acids is 2. The maximum Gasteiger partial charge on any atom is 0.253 e. The summed E-state index contributed by atoms with van der Waals surface area (Å²) in [6.45, 7) is 5.00. The van der Waals surface area contributed by atoms with Gasteiger partial charge in [-0.05, 0) is 55.0 Å². The molecule has 34 heavy (non-hydrogen) atoms. The summed E-state index contributed by atoms with van der Waals surface area (Å²) < 4.78 is 10.8. The number of hydrogen-bond acceptors (Lipinski definition) is 5. The van der Waals surface area contributed by atoms with Crippen molar-refractivity contribution in [1.29, 1.82) is 0 Å². The highest BCUT2D eigenvalue weighted by Gasteiger charge is 2.37. The van der Waals surface area contributed by atoms with Crippen LogP contribution in [0.1, 0.15) is 48.5 Å². The minimum absolute atomic E-state index is 0.0284. The second-order valence-electron chi connectivity index (χ2n) is 9.43. The van der Waals surface area contributed by atoms with Crippen LogP contribution in [-0.4, -0.2) is 60.6 Å². The largest absolute Gasteiger partial charge is 0.454 e. The first kappa shape index (κ1) is 22.7. The van der Waals surface area contributed by atoms with E-state index in [0.717, 1.165) is 30.5 Å². The van der Waals surface area contributed by atoms with Crippen molar-refractivity contribution >= 4 is 17.5 Å². The molecule has 7 nitrogen and oxygen atoms in total. The highest BCUT2D eigenvalue weighted by Crippen LogP contribution is 2.35. The van der Waals surface area contributed by atoms with E-state index in [0.29, 0.717) is 43.6 Å². The average Bonchev–Trinajstić information content (AvgIpc) is 3.56. The summed E-state index contributed by atoms with van der Waals surface area (Å²) in [6, 6.07) is 13.2. The number of nitrogens with zero attached hydrogens (tertiary/aromatic N) is 2. The van der Waals surface area contributed by atoms with Crippen molar-refractivity contribution in [3.8, 4) is 11.5 Å². The third-order valence-electron chi connectivity index (χ3n) is 7.36. The topological polar surface area (TPSA) is 71.1 Å². The fraction of sp³-hybridized carbons (Fsp3) is 0.481. The van der Waals surface area contributed by atoms with Gasteiger partial charge in [0.1, 0.15) is 0 Å². The zero-order chi connectivity index (χ0) is 23.5. The minimum atomic E-state index is -0.186. The van der Waals surface area contributed by atoms with E-state index in [1.165, 1.54) is 18.4 Å². The molecule has 1 atom stereocenters. The molecule has 1 N–H and O–H groups in total. The van der Waals surface area contributed by atoms with Crippen LogP contribution >= 0.6 is 0 Å². The van der Waals surface area contributed by atoms with Gasteiger partial charge in [0.15, 0.2) is 11.5 Å². The number of rotatable bonds is 6. The van der Waals surface area contributed by atoms with Crippen LogP contribution in [0, 0.1) is 5.92 Å². The SMILES string of the molecule is CCc1ccc(C(=O)N2CCN([C@H](C(=O)Nc3ccc4c(c3)OCO4)C3CCCC3)CC2)cc1. The first-order valence-electron chi connectivity index (χ1n) is 12.4. The van der Waals surface area contributed by atoms with Crippen LogP contribution < -0.4 is 14.8 Å². The smallest absolute Gasteiger partial charge is 0.253 e. The van der Waals surface area contributed by atoms with Gasteiger partial charge in [-0.2, -0.15) is 0 Å². The Kier molecular flexibility index (Phi) is 6.72. The van der Waals surface area contributed by atoms with E-state index in [1.54, 1.807) is 0 Å².